The Morgan fingerprint density at radius 2 is 1.56 bits per heavy atom. The van der Waals surface area contributed by atoms with E-state index in [9.17, 15) is 9.13 Å². The van der Waals surface area contributed by atoms with Gasteiger partial charge in [-0.15, -0.1) is 0 Å². The molecule has 6 nitrogen and oxygen atoms in total. The molecule has 9 heavy (non-hydrogen) atoms. The van der Waals surface area contributed by atoms with Crippen molar-refractivity contribution in [2.24, 2.45) is 0 Å². The maximum absolute atomic E-state index is 10.2. The Morgan fingerprint density at radius 1 is 1.11 bits per heavy atom. The van der Waals surface area contributed by atoms with E-state index in [0.29, 0.717) is 0 Å². The predicted octanol–water partition coefficient (Wildman–Crippen LogP) is 0.949. The maximum Gasteiger partial charge on any atom is 0.328 e. The molecule has 1 heterocycles. The summed E-state index contributed by atoms with van der Waals surface area (Å²) in [7, 11) is -4.97. The molecule has 0 saturated carbocycles. The minimum atomic E-state index is -2.48. The van der Waals surface area contributed by atoms with E-state index in [1.54, 1.807) is 0 Å². The van der Waals surface area contributed by atoms with Gasteiger partial charge in [-0.05, 0) is 0 Å². The maximum atomic E-state index is 10.2. The van der Waals surface area contributed by atoms with Crippen molar-refractivity contribution in [3.63, 3.8) is 0 Å². The lowest BCUT2D eigenvalue weighted by Gasteiger charge is -2.09. The highest BCUT2D eigenvalue weighted by Gasteiger charge is 2.12. The zero-order valence-corrected chi connectivity index (χ0v) is 6.46. The molecule has 0 amide bonds. The lowest BCUT2D eigenvalue weighted by Crippen LogP contribution is -1.93. The Kier molecular flexibility index (Phi) is 4.31. The molecule has 2 atom stereocenters. The average Bonchev–Trinajstić information content (AvgIpc) is 1.64. The van der Waals surface area contributed by atoms with Crippen LogP contribution in [0.1, 0.15) is 0 Å². The highest BCUT2D eigenvalue weighted by Crippen LogP contribution is 2.44. The van der Waals surface area contributed by atoms with Crippen LogP contribution in [-0.2, 0) is 22.5 Å². The van der Waals surface area contributed by atoms with Gasteiger partial charge in [-0.25, -0.2) is 4.31 Å². The Morgan fingerprint density at radius 3 is 1.78 bits per heavy atom. The summed E-state index contributed by atoms with van der Waals surface area (Å²) in [6, 6.07) is 0. The van der Waals surface area contributed by atoms with Crippen molar-refractivity contribution >= 4 is 16.5 Å². The van der Waals surface area contributed by atoms with Crippen molar-refractivity contribution in [1.29, 1.82) is 0 Å². The molecule has 0 spiro atoms. The molecule has 1 rings (SSSR count). The fraction of sp³-hybridized carbons (Fsp3) is 1.00. The molecular weight excluding hydrogens is 168 g/mol. The second-order valence-electron chi connectivity index (χ2n) is 1.01. The number of hydrogen-bond acceptors (Lipinski definition) is 6. The predicted molar refractivity (Wildman–Crippen MR) is 31.1 cm³/mol. The lowest BCUT2D eigenvalue weighted by atomic mass is 11.6. The second-order valence-corrected chi connectivity index (χ2v) is 3.40. The van der Waals surface area contributed by atoms with Crippen LogP contribution >= 0.6 is 16.5 Å². The summed E-state index contributed by atoms with van der Waals surface area (Å²) < 4.78 is 33.0. The van der Waals surface area contributed by atoms with Crippen molar-refractivity contribution in [3.8, 4) is 0 Å². The van der Waals surface area contributed by atoms with Crippen LogP contribution in [0.4, 0.5) is 0 Å². The van der Waals surface area contributed by atoms with Crippen molar-refractivity contribution in [1.82, 2.24) is 6.15 Å². The van der Waals surface area contributed by atoms with Crippen LogP contribution in [0.25, 0.3) is 0 Å². The van der Waals surface area contributed by atoms with E-state index in [2.05, 4.69) is 13.4 Å². The van der Waals surface area contributed by atoms with Gasteiger partial charge in [0.05, 0.1) is 0 Å². The molecule has 0 radical (unpaired) electrons. The van der Waals surface area contributed by atoms with Crippen molar-refractivity contribution < 1.29 is 22.5 Å². The molecule has 1 aliphatic rings. The average molecular weight is 175 g/mol. The van der Waals surface area contributed by atoms with E-state index in [1.807, 2.05) is 0 Å². The first-order valence-corrected chi connectivity index (χ1v) is 4.25. The summed E-state index contributed by atoms with van der Waals surface area (Å²) in [5, 5.41) is 0. The third kappa shape index (κ3) is 3.11. The van der Waals surface area contributed by atoms with Crippen LogP contribution in [0.5, 0.6) is 0 Å². The second kappa shape index (κ2) is 4.17. The van der Waals surface area contributed by atoms with E-state index in [-0.39, 0.29) is 12.9 Å². The molecular formula is CH7NO5P2. The Bertz CT molecular complexity index is 121. The summed E-state index contributed by atoms with van der Waals surface area (Å²) in [6.07, 6.45) is 0. The van der Waals surface area contributed by atoms with Gasteiger partial charge in [0, 0.05) is 0 Å². The fourth-order valence-electron chi connectivity index (χ4n) is 0.253. The van der Waals surface area contributed by atoms with Gasteiger partial charge >= 0.3 is 16.5 Å². The third-order valence-electron chi connectivity index (χ3n) is 0.520. The molecule has 3 N–H and O–H groups in total. The highest BCUT2D eigenvalue weighted by atomic mass is 31.2. The van der Waals surface area contributed by atoms with E-state index in [0.717, 1.165) is 0 Å². The largest absolute Gasteiger partial charge is 0.344 e. The lowest BCUT2D eigenvalue weighted by molar-refractivity contribution is 0.0870. The first-order chi connectivity index (χ1) is 3.79. The molecule has 0 aromatic heterocycles. The quantitative estimate of drug-likeness (QED) is 0.550. The summed E-state index contributed by atoms with van der Waals surface area (Å²) in [4.78, 5) is 0. The first kappa shape index (κ1) is 9.30. The molecule has 2 unspecified atom stereocenters. The monoisotopic (exact) mass is 175 g/mol. The summed E-state index contributed by atoms with van der Waals surface area (Å²) in [6.45, 7) is -0.185. The highest BCUT2D eigenvalue weighted by molar-refractivity contribution is 7.48. The topological polar surface area (TPSA) is 96.8 Å². The van der Waals surface area contributed by atoms with Crippen molar-refractivity contribution in [2.45, 2.75) is 0 Å². The van der Waals surface area contributed by atoms with Gasteiger partial charge in [0.15, 0.2) is 6.79 Å². The van der Waals surface area contributed by atoms with E-state index >= 15 is 0 Å². The SMILES string of the molecule is N.O=[PH]1OCO[PH](=O)O1. The molecule has 0 aromatic rings. The van der Waals surface area contributed by atoms with Crippen molar-refractivity contribution in [2.75, 3.05) is 6.79 Å². The van der Waals surface area contributed by atoms with Gasteiger partial charge in [-0.1, -0.05) is 0 Å². The van der Waals surface area contributed by atoms with Gasteiger partial charge in [0.2, 0.25) is 0 Å². The van der Waals surface area contributed by atoms with Crippen LogP contribution < -0.4 is 6.15 Å². The van der Waals surface area contributed by atoms with Crippen LogP contribution in [0.15, 0.2) is 0 Å². The molecule has 1 aliphatic heterocycles. The normalized spacial score (nSPS) is 35.1. The standard InChI is InChI=1S/CH4O5P2.H3N/c2-7-4-1-5-8(3)6-7;/h7-8H,1H2;1H3. The Balaban J connectivity index is 0.000000640. The van der Waals surface area contributed by atoms with Crippen LogP contribution in [-0.4, -0.2) is 6.79 Å². The minimum Gasteiger partial charge on any atom is -0.344 e. The van der Waals surface area contributed by atoms with Crippen LogP contribution in [0, 0.1) is 0 Å². The zero-order valence-electron chi connectivity index (χ0n) is 4.46. The Labute approximate surface area is 53.0 Å². The molecule has 0 aliphatic carbocycles. The molecule has 56 valence electrons. The molecule has 1 fully saturated rings. The minimum absolute atomic E-state index is 0. The number of rotatable bonds is 0. The van der Waals surface area contributed by atoms with E-state index in [1.165, 1.54) is 0 Å². The smallest absolute Gasteiger partial charge is 0.328 e. The molecule has 1 saturated heterocycles. The van der Waals surface area contributed by atoms with Gasteiger partial charge in [0.25, 0.3) is 0 Å². The van der Waals surface area contributed by atoms with Crippen LogP contribution in [0.3, 0.4) is 0 Å². The summed E-state index contributed by atoms with van der Waals surface area (Å²) in [5.41, 5.74) is 0. The van der Waals surface area contributed by atoms with E-state index in [4.69, 9.17) is 0 Å². The third-order valence-corrected chi connectivity index (χ3v) is 2.56. The number of hydrogen-bond donors (Lipinski definition) is 1. The van der Waals surface area contributed by atoms with Gasteiger partial charge in [-0.3, -0.25) is 18.2 Å². The van der Waals surface area contributed by atoms with Crippen molar-refractivity contribution in [3.05, 3.63) is 0 Å². The summed E-state index contributed by atoms with van der Waals surface area (Å²) in [5.74, 6) is 0. The molecule has 8 heteroatoms. The van der Waals surface area contributed by atoms with E-state index < -0.39 is 16.5 Å². The van der Waals surface area contributed by atoms with Gasteiger partial charge in [0.1, 0.15) is 0 Å². The van der Waals surface area contributed by atoms with Gasteiger partial charge in [-0.2, -0.15) is 0 Å². The summed E-state index contributed by atoms with van der Waals surface area (Å²) >= 11 is 0. The fourth-order valence-corrected chi connectivity index (χ4v) is 1.70. The Hall–Kier alpha value is 0.300. The molecule has 0 aromatic carbocycles. The first-order valence-electron chi connectivity index (χ1n) is 1.80. The zero-order chi connectivity index (χ0) is 5.98. The van der Waals surface area contributed by atoms with Crippen LogP contribution in [0.2, 0.25) is 0 Å². The van der Waals surface area contributed by atoms with Gasteiger partial charge < -0.3 is 6.15 Å². The molecule has 0 bridgehead atoms.